The van der Waals surface area contributed by atoms with Gasteiger partial charge in [0.25, 0.3) is 0 Å². The molecule has 0 bridgehead atoms. The molecule has 0 atom stereocenters. The summed E-state index contributed by atoms with van der Waals surface area (Å²) in [5, 5.41) is 12.4. The SMILES string of the molecule is Cc1c(NC2CC(C)C2)cccc1C(=O)O. The molecule has 16 heavy (non-hydrogen) atoms. The van der Waals surface area contributed by atoms with Crippen LogP contribution in [0.2, 0.25) is 0 Å². The number of hydrogen-bond acceptors (Lipinski definition) is 2. The predicted molar refractivity (Wildman–Crippen MR) is 63.9 cm³/mol. The normalized spacial score (nSPS) is 23.6. The van der Waals surface area contributed by atoms with E-state index >= 15 is 0 Å². The minimum Gasteiger partial charge on any atom is -0.478 e. The molecule has 1 aromatic rings. The highest BCUT2D eigenvalue weighted by atomic mass is 16.4. The number of carboxylic acids is 1. The molecule has 86 valence electrons. The smallest absolute Gasteiger partial charge is 0.336 e. The molecule has 0 spiro atoms. The van der Waals surface area contributed by atoms with Crippen LogP contribution in [0.25, 0.3) is 0 Å². The van der Waals surface area contributed by atoms with E-state index in [4.69, 9.17) is 5.11 Å². The fourth-order valence-electron chi connectivity index (χ4n) is 2.26. The van der Waals surface area contributed by atoms with Crippen molar-refractivity contribution in [3.8, 4) is 0 Å². The van der Waals surface area contributed by atoms with Gasteiger partial charge < -0.3 is 10.4 Å². The van der Waals surface area contributed by atoms with Gasteiger partial charge in [-0.15, -0.1) is 0 Å². The van der Waals surface area contributed by atoms with E-state index in [1.807, 2.05) is 13.0 Å². The molecule has 0 aliphatic heterocycles. The first kappa shape index (κ1) is 11.0. The fraction of sp³-hybridized carbons (Fsp3) is 0.462. The first-order chi connectivity index (χ1) is 7.58. The van der Waals surface area contributed by atoms with E-state index in [1.54, 1.807) is 12.1 Å². The maximum Gasteiger partial charge on any atom is 0.336 e. The lowest BCUT2D eigenvalue weighted by Gasteiger charge is -2.34. The highest BCUT2D eigenvalue weighted by Gasteiger charge is 2.25. The van der Waals surface area contributed by atoms with Crippen LogP contribution in [0.15, 0.2) is 18.2 Å². The van der Waals surface area contributed by atoms with Crippen molar-refractivity contribution >= 4 is 11.7 Å². The maximum atomic E-state index is 11.0. The molecule has 1 fully saturated rings. The largest absolute Gasteiger partial charge is 0.478 e. The Bertz CT molecular complexity index is 408. The fourth-order valence-corrected chi connectivity index (χ4v) is 2.26. The van der Waals surface area contributed by atoms with Crippen LogP contribution in [-0.4, -0.2) is 17.1 Å². The third kappa shape index (κ3) is 2.03. The molecule has 2 rings (SSSR count). The number of aromatic carboxylic acids is 1. The first-order valence-electron chi connectivity index (χ1n) is 5.67. The molecule has 1 aliphatic carbocycles. The number of carbonyl (C=O) groups is 1. The van der Waals surface area contributed by atoms with E-state index in [2.05, 4.69) is 12.2 Å². The average Bonchev–Trinajstić information content (AvgIpc) is 2.18. The molecular formula is C13H17NO2. The van der Waals surface area contributed by atoms with Crippen molar-refractivity contribution in [3.63, 3.8) is 0 Å². The van der Waals surface area contributed by atoms with E-state index < -0.39 is 5.97 Å². The Morgan fingerprint density at radius 2 is 2.12 bits per heavy atom. The Hall–Kier alpha value is -1.51. The van der Waals surface area contributed by atoms with Crippen LogP contribution >= 0.6 is 0 Å². The minimum absolute atomic E-state index is 0.386. The zero-order chi connectivity index (χ0) is 11.7. The molecule has 3 nitrogen and oxygen atoms in total. The molecule has 1 aliphatic rings. The van der Waals surface area contributed by atoms with Crippen LogP contribution in [0.1, 0.15) is 35.7 Å². The van der Waals surface area contributed by atoms with Crippen LogP contribution in [0.5, 0.6) is 0 Å². The summed E-state index contributed by atoms with van der Waals surface area (Å²) in [4.78, 5) is 11.0. The van der Waals surface area contributed by atoms with Gasteiger partial charge in [0.2, 0.25) is 0 Å². The monoisotopic (exact) mass is 219 g/mol. The minimum atomic E-state index is -0.858. The summed E-state index contributed by atoms with van der Waals surface area (Å²) in [7, 11) is 0. The second-order valence-electron chi connectivity index (χ2n) is 4.70. The standard InChI is InChI=1S/C13H17NO2/c1-8-6-10(7-8)14-12-5-3-4-11(9(12)2)13(15)16/h3-5,8,10,14H,6-7H2,1-2H3,(H,15,16). The van der Waals surface area contributed by atoms with Gasteiger partial charge in [-0.25, -0.2) is 4.79 Å². The number of benzene rings is 1. The summed E-state index contributed by atoms with van der Waals surface area (Å²) >= 11 is 0. The van der Waals surface area contributed by atoms with Crippen LogP contribution in [0.3, 0.4) is 0 Å². The van der Waals surface area contributed by atoms with Gasteiger partial charge in [-0.1, -0.05) is 13.0 Å². The lowest BCUT2D eigenvalue weighted by atomic mass is 9.81. The molecule has 0 amide bonds. The van der Waals surface area contributed by atoms with Crippen molar-refractivity contribution in [2.24, 2.45) is 5.92 Å². The van der Waals surface area contributed by atoms with Gasteiger partial charge in [-0.2, -0.15) is 0 Å². The number of nitrogens with one attached hydrogen (secondary N) is 1. The summed E-state index contributed by atoms with van der Waals surface area (Å²) in [5.74, 6) is -0.0661. The predicted octanol–water partition coefficient (Wildman–Crippen LogP) is 2.90. The molecule has 2 N–H and O–H groups in total. The number of anilines is 1. The lowest BCUT2D eigenvalue weighted by Crippen LogP contribution is -2.34. The van der Waals surface area contributed by atoms with Crippen molar-refractivity contribution in [1.82, 2.24) is 0 Å². The van der Waals surface area contributed by atoms with Gasteiger partial charge in [0.1, 0.15) is 0 Å². The van der Waals surface area contributed by atoms with Gasteiger partial charge in [0.15, 0.2) is 0 Å². The Balaban J connectivity index is 2.15. The third-order valence-corrected chi connectivity index (χ3v) is 3.30. The third-order valence-electron chi connectivity index (χ3n) is 3.30. The van der Waals surface area contributed by atoms with Crippen molar-refractivity contribution in [1.29, 1.82) is 0 Å². The molecule has 3 heteroatoms. The maximum absolute atomic E-state index is 11.0. The molecule has 0 saturated heterocycles. The van der Waals surface area contributed by atoms with Gasteiger partial charge >= 0.3 is 5.97 Å². The topological polar surface area (TPSA) is 49.3 Å². The van der Waals surface area contributed by atoms with Gasteiger partial charge in [0.05, 0.1) is 5.56 Å². The van der Waals surface area contributed by atoms with E-state index in [0.717, 1.165) is 17.2 Å². The molecule has 0 unspecified atom stereocenters. The summed E-state index contributed by atoms with van der Waals surface area (Å²) in [6, 6.07) is 5.90. The molecule has 0 heterocycles. The van der Waals surface area contributed by atoms with Crippen LogP contribution < -0.4 is 5.32 Å². The molecule has 1 saturated carbocycles. The lowest BCUT2D eigenvalue weighted by molar-refractivity contribution is 0.0696. The van der Waals surface area contributed by atoms with E-state index in [9.17, 15) is 4.79 Å². The van der Waals surface area contributed by atoms with Gasteiger partial charge in [-0.3, -0.25) is 0 Å². The highest BCUT2D eigenvalue weighted by Crippen LogP contribution is 2.30. The quantitative estimate of drug-likeness (QED) is 0.821. The van der Waals surface area contributed by atoms with Crippen molar-refractivity contribution < 1.29 is 9.90 Å². The van der Waals surface area contributed by atoms with Crippen molar-refractivity contribution in [2.45, 2.75) is 32.7 Å². The summed E-state index contributed by atoms with van der Waals surface area (Å²) in [6.07, 6.45) is 2.35. The zero-order valence-corrected chi connectivity index (χ0v) is 9.66. The summed E-state index contributed by atoms with van der Waals surface area (Å²) in [6.45, 7) is 4.09. The molecule has 1 aromatic carbocycles. The Labute approximate surface area is 95.5 Å². The molecular weight excluding hydrogens is 202 g/mol. The molecule has 0 aromatic heterocycles. The summed E-state index contributed by atoms with van der Waals surface area (Å²) in [5.41, 5.74) is 2.17. The van der Waals surface area contributed by atoms with E-state index in [1.165, 1.54) is 12.8 Å². The van der Waals surface area contributed by atoms with Crippen LogP contribution in [0.4, 0.5) is 5.69 Å². The van der Waals surface area contributed by atoms with Gasteiger partial charge in [-0.05, 0) is 43.4 Å². The van der Waals surface area contributed by atoms with E-state index in [0.29, 0.717) is 11.6 Å². The van der Waals surface area contributed by atoms with Crippen LogP contribution in [0, 0.1) is 12.8 Å². The molecule has 0 radical (unpaired) electrons. The van der Waals surface area contributed by atoms with Crippen LogP contribution in [-0.2, 0) is 0 Å². The number of carboxylic acid groups (broad SMARTS) is 1. The van der Waals surface area contributed by atoms with Crippen molar-refractivity contribution in [2.75, 3.05) is 5.32 Å². The number of hydrogen-bond donors (Lipinski definition) is 2. The first-order valence-corrected chi connectivity index (χ1v) is 5.67. The Morgan fingerprint density at radius 3 is 2.69 bits per heavy atom. The summed E-state index contributed by atoms with van der Waals surface area (Å²) < 4.78 is 0. The Morgan fingerprint density at radius 1 is 1.44 bits per heavy atom. The van der Waals surface area contributed by atoms with Crippen molar-refractivity contribution in [3.05, 3.63) is 29.3 Å². The average molecular weight is 219 g/mol. The van der Waals surface area contributed by atoms with E-state index in [-0.39, 0.29) is 0 Å². The zero-order valence-electron chi connectivity index (χ0n) is 9.66. The number of rotatable bonds is 3. The second-order valence-corrected chi connectivity index (χ2v) is 4.70. The second kappa shape index (κ2) is 4.16. The highest BCUT2D eigenvalue weighted by molar-refractivity contribution is 5.91. The van der Waals surface area contributed by atoms with Gasteiger partial charge in [0, 0.05) is 11.7 Å². The Kier molecular flexibility index (Phi) is 2.86.